The molecule has 0 aliphatic carbocycles. The number of H-pyrrole nitrogens is 1. The van der Waals surface area contributed by atoms with Crippen molar-refractivity contribution in [2.24, 2.45) is 0 Å². The standard InChI is InChI=1S/C25H23N3O3/c1-17-3-8-23-20(13-17)14-21(24(29)27-23)16-28(25(30)19-9-11-26-12-10-19)15-18-4-6-22(31-2)7-5-18/h3-14H,15-16H2,1-2H3,(H,27,29). The van der Waals surface area contributed by atoms with Crippen LogP contribution in [0, 0.1) is 6.92 Å². The summed E-state index contributed by atoms with van der Waals surface area (Å²) >= 11 is 0. The number of fused-ring (bicyclic) bond motifs is 1. The quantitative estimate of drug-likeness (QED) is 0.517. The van der Waals surface area contributed by atoms with Crippen molar-refractivity contribution in [2.45, 2.75) is 20.0 Å². The van der Waals surface area contributed by atoms with Gasteiger partial charge in [-0.2, -0.15) is 0 Å². The van der Waals surface area contributed by atoms with E-state index >= 15 is 0 Å². The number of ether oxygens (including phenoxy) is 1. The third kappa shape index (κ3) is 4.64. The highest BCUT2D eigenvalue weighted by atomic mass is 16.5. The van der Waals surface area contributed by atoms with E-state index in [0.717, 1.165) is 27.8 Å². The zero-order valence-electron chi connectivity index (χ0n) is 17.5. The van der Waals surface area contributed by atoms with Crippen molar-refractivity contribution >= 4 is 16.8 Å². The number of nitrogens with one attached hydrogen (secondary N) is 1. The van der Waals surface area contributed by atoms with Gasteiger partial charge < -0.3 is 14.6 Å². The SMILES string of the molecule is COc1ccc(CN(Cc2cc3cc(C)ccc3[nH]c2=O)C(=O)c2ccncc2)cc1. The maximum absolute atomic E-state index is 13.3. The van der Waals surface area contributed by atoms with E-state index in [2.05, 4.69) is 9.97 Å². The number of rotatable bonds is 6. The second-order valence-electron chi connectivity index (χ2n) is 7.46. The first-order valence-electron chi connectivity index (χ1n) is 9.98. The molecule has 0 saturated carbocycles. The smallest absolute Gasteiger partial charge is 0.254 e. The summed E-state index contributed by atoms with van der Waals surface area (Å²) < 4.78 is 5.22. The highest BCUT2D eigenvalue weighted by Crippen LogP contribution is 2.18. The molecule has 31 heavy (non-hydrogen) atoms. The van der Waals surface area contributed by atoms with Gasteiger partial charge in [0.05, 0.1) is 13.7 Å². The topological polar surface area (TPSA) is 75.3 Å². The molecule has 0 saturated heterocycles. The van der Waals surface area contributed by atoms with E-state index in [1.807, 2.05) is 55.5 Å². The van der Waals surface area contributed by atoms with Gasteiger partial charge in [-0.1, -0.05) is 23.8 Å². The minimum absolute atomic E-state index is 0.165. The van der Waals surface area contributed by atoms with Crippen LogP contribution in [0.5, 0.6) is 5.75 Å². The number of aryl methyl sites for hydroxylation is 1. The van der Waals surface area contributed by atoms with Gasteiger partial charge in [0.15, 0.2) is 0 Å². The van der Waals surface area contributed by atoms with E-state index < -0.39 is 0 Å². The molecule has 2 aromatic heterocycles. The molecule has 0 atom stereocenters. The molecule has 0 unspecified atom stereocenters. The molecule has 0 fully saturated rings. The number of amides is 1. The molecule has 0 aliphatic rings. The van der Waals surface area contributed by atoms with Crippen molar-refractivity contribution in [1.29, 1.82) is 0 Å². The number of methoxy groups -OCH3 is 1. The fourth-order valence-corrected chi connectivity index (χ4v) is 3.52. The summed E-state index contributed by atoms with van der Waals surface area (Å²) in [6.45, 7) is 2.55. The largest absolute Gasteiger partial charge is 0.497 e. The van der Waals surface area contributed by atoms with Gasteiger partial charge in [0.25, 0.3) is 11.5 Å². The van der Waals surface area contributed by atoms with Crippen LogP contribution < -0.4 is 10.3 Å². The van der Waals surface area contributed by atoms with Crippen LogP contribution in [-0.4, -0.2) is 27.9 Å². The maximum Gasteiger partial charge on any atom is 0.254 e. The zero-order valence-corrected chi connectivity index (χ0v) is 17.5. The number of hydrogen-bond donors (Lipinski definition) is 1. The van der Waals surface area contributed by atoms with Crippen LogP contribution in [0.15, 0.2) is 77.9 Å². The first kappa shape index (κ1) is 20.3. The Morgan fingerprint density at radius 3 is 2.45 bits per heavy atom. The minimum Gasteiger partial charge on any atom is -0.497 e. The molecule has 0 radical (unpaired) electrons. The van der Waals surface area contributed by atoms with Crippen molar-refractivity contribution in [2.75, 3.05) is 7.11 Å². The molecule has 6 nitrogen and oxygen atoms in total. The molecule has 0 spiro atoms. The second kappa shape index (κ2) is 8.83. The van der Waals surface area contributed by atoms with Crippen LogP contribution in [0.2, 0.25) is 0 Å². The Morgan fingerprint density at radius 2 is 1.74 bits per heavy atom. The monoisotopic (exact) mass is 413 g/mol. The average molecular weight is 413 g/mol. The molecule has 0 bridgehead atoms. The van der Waals surface area contributed by atoms with Gasteiger partial charge in [-0.15, -0.1) is 0 Å². The van der Waals surface area contributed by atoms with Gasteiger partial charge in [-0.05, 0) is 60.3 Å². The Bertz CT molecular complexity index is 1260. The number of carbonyl (C=O) groups is 1. The third-order valence-corrected chi connectivity index (χ3v) is 5.18. The number of benzene rings is 2. The van der Waals surface area contributed by atoms with E-state index in [1.165, 1.54) is 0 Å². The lowest BCUT2D eigenvalue weighted by atomic mass is 10.1. The third-order valence-electron chi connectivity index (χ3n) is 5.18. The summed E-state index contributed by atoms with van der Waals surface area (Å²) in [5, 5.41) is 0.940. The summed E-state index contributed by atoms with van der Waals surface area (Å²) in [5.41, 5.74) is 3.69. The van der Waals surface area contributed by atoms with Gasteiger partial charge in [0.1, 0.15) is 5.75 Å². The van der Waals surface area contributed by atoms with Gasteiger partial charge >= 0.3 is 0 Å². The van der Waals surface area contributed by atoms with Crippen molar-refractivity contribution in [3.05, 3.63) is 106 Å². The van der Waals surface area contributed by atoms with Crippen molar-refractivity contribution in [3.63, 3.8) is 0 Å². The normalized spacial score (nSPS) is 10.8. The summed E-state index contributed by atoms with van der Waals surface area (Å²) in [6, 6.07) is 18.6. The van der Waals surface area contributed by atoms with Crippen LogP contribution >= 0.6 is 0 Å². The number of pyridine rings is 2. The number of carbonyl (C=O) groups excluding carboxylic acids is 1. The summed E-state index contributed by atoms with van der Waals surface area (Å²) in [6.07, 6.45) is 3.18. The van der Waals surface area contributed by atoms with Crippen LogP contribution in [0.4, 0.5) is 0 Å². The molecule has 1 N–H and O–H groups in total. The Morgan fingerprint density at radius 1 is 1.00 bits per heavy atom. The van der Waals surface area contributed by atoms with Gasteiger partial charge in [0.2, 0.25) is 0 Å². The summed E-state index contributed by atoms with van der Waals surface area (Å²) in [4.78, 5) is 34.6. The molecule has 2 heterocycles. The Kier molecular flexibility index (Phi) is 5.80. The first-order valence-corrected chi connectivity index (χ1v) is 9.98. The van der Waals surface area contributed by atoms with Crippen molar-refractivity contribution in [1.82, 2.24) is 14.9 Å². The molecular formula is C25H23N3O3. The Labute approximate surface area is 180 Å². The molecule has 6 heteroatoms. The van der Waals surface area contributed by atoms with Crippen molar-refractivity contribution in [3.8, 4) is 5.75 Å². The molecule has 0 aliphatic heterocycles. The Hall–Kier alpha value is -3.93. The minimum atomic E-state index is -0.196. The van der Waals surface area contributed by atoms with E-state index in [4.69, 9.17) is 4.74 Å². The number of aromatic amines is 1. The molecule has 4 aromatic rings. The van der Waals surface area contributed by atoms with Crippen LogP contribution in [0.3, 0.4) is 0 Å². The molecular weight excluding hydrogens is 390 g/mol. The number of hydrogen-bond acceptors (Lipinski definition) is 4. The van der Waals surface area contributed by atoms with Gasteiger partial charge in [0, 0.05) is 35.6 Å². The summed E-state index contributed by atoms with van der Waals surface area (Å²) in [5.74, 6) is 0.582. The van der Waals surface area contributed by atoms with E-state index in [9.17, 15) is 9.59 Å². The molecule has 156 valence electrons. The number of nitrogens with zero attached hydrogens (tertiary/aromatic N) is 2. The van der Waals surface area contributed by atoms with Gasteiger partial charge in [-0.3, -0.25) is 14.6 Å². The van der Waals surface area contributed by atoms with Crippen LogP contribution in [0.1, 0.15) is 27.0 Å². The van der Waals surface area contributed by atoms with Crippen LogP contribution in [0.25, 0.3) is 10.9 Å². The predicted molar refractivity (Wildman–Crippen MR) is 120 cm³/mol. The Balaban J connectivity index is 1.69. The highest BCUT2D eigenvalue weighted by Gasteiger charge is 2.18. The fourth-order valence-electron chi connectivity index (χ4n) is 3.52. The lowest BCUT2D eigenvalue weighted by molar-refractivity contribution is 0.0729. The van der Waals surface area contributed by atoms with E-state index in [-0.39, 0.29) is 18.0 Å². The highest BCUT2D eigenvalue weighted by molar-refractivity contribution is 5.94. The molecule has 2 aromatic carbocycles. The summed E-state index contributed by atoms with van der Waals surface area (Å²) in [7, 11) is 1.61. The fraction of sp³-hybridized carbons (Fsp3) is 0.160. The predicted octanol–water partition coefficient (Wildman–Crippen LogP) is 4.08. The molecule has 1 amide bonds. The second-order valence-corrected chi connectivity index (χ2v) is 7.46. The average Bonchev–Trinajstić information content (AvgIpc) is 2.80. The molecule has 4 rings (SSSR count). The van der Waals surface area contributed by atoms with E-state index in [1.54, 1.807) is 36.5 Å². The number of aromatic nitrogens is 2. The zero-order chi connectivity index (χ0) is 21.8. The van der Waals surface area contributed by atoms with Crippen molar-refractivity contribution < 1.29 is 9.53 Å². The lowest BCUT2D eigenvalue weighted by Gasteiger charge is -2.23. The van der Waals surface area contributed by atoms with Crippen LogP contribution in [-0.2, 0) is 13.1 Å². The van der Waals surface area contributed by atoms with E-state index in [0.29, 0.717) is 17.7 Å². The van der Waals surface area contributed by atoms with Gasteiger partial charge in [-0.25, -0.2) is 0 Å². The first-order chi connectivity index (χ1) is 15.0. The lowest BCUT2D eigenvalue weighted by Crippen LogP contribution is -2.32. The maximum atomic E-state index is 13.3.